The Morgan fingerprint density at radius 1 is 1.10 bits per heavy atom. The van der Waals surface area contributed by atoms with Gasteiger partial charge >= 0.3 is 0 Å². The van der Waals surface area contributed by atoms with E-state index in [4.69, 9.17) is 12.2 Å². The van der Waals surface area contributed by atoms with Crippen LogP contribution in [0.3, 0.4) is 0 Å². The maximum Gasteiger partial charge on any atom is 0.270 e. The van der Waals surface area contributed by atoms with Gasteiger partial charge in [-0.15, -0.1) is 11.3 Å². The molecule has 0 radical (unpaired) electrons. The number of nitro benzene ring substituents is 1. The predicted octanol–water partition coefficient (Wildman–Crippen LogP) is 3.16. The third-order valence-electron chi connectivity index (χ3n) is 4.51. The lowest BCUT2D eigenvalue weighted by molar-refractivity contribution is -0.384. The van der Waals surface area contributed by atoms with Gasteiger partial charge in [0, 0.05) is 35.0 Å². The Bertz CT molecular complexity index is 1280. The molecular formula is C19H12N4O5S2. The molecule has 30 heavy (non-hydrogen) atoms. The van der Waals surface area contributed by atoms with E-state index in [0.717, 1.165) is 9.60 Å². The van der Waals surface area contributed by atoms with Gasteiger partial charge in [0.1, 0.15) is 0 Å². The van der Waals surface area contributed by atoms with Gasteiger partial charge in [0.25, 0.3) is 23.4 Å². The maximum absolute atomic E-state index is 12.5. The zero-order chi connectivity index (χ0) is 21.6. The highest BCUT2D eigenvalue weighted by molar-refractivity contribution is 7.80. The normalized spacial score (nSPS) is 12.8. The second-order valence-electron chi connectivity index (χ2n) is 6.43. The number of imide groups is 1. The molecule has 0 saturated heterocycles. The first-order valence-corrected chi connectivity index (χ1v) is 9.74. The first-order chi connectivity index (χ1) is 14.2. The second kappa shape index (κ2) is 7.28. The van der Waals surface area contributed by atoms with E-state index in [9.17, 15) is 24.5 Å². The van der Waals surface area contributed by atoms with Crippen molar-refractivity contribution in [3.8, 4) is 0 Å². The Hall–Kier alpha value is -3.70. The van der Waals surface area contributed by atoms with Gasteiger partial charge in [-0.1, -0.05) is 0 Å². The summed E-state index contributed by atoms with van der Waals surface area (Å²) in [7, 11) is 1.41. The Kier molecular flexibility index (Phi) is 4.76. The monoisotopic (exact) mass is 440 g/mol. The summed E-state index contributed by atoms with van der Waals surface area (Å²) in [6, 6.07) is 10.5. The average Bonchev–Trinajstić information content (AvgIpc) is 3.23. The van der Waals surface area contributed by atoms with Gasteiger partial charge in [-0.3, -0.25) is 34.7 Å². The van der Waals surface area contributed by atoms with Gasteiger partial charge in [0.05, 0.1) is 20.9 Å². The number of benzene rings is 2. The fourth-order valence-electron chi connectivity index (χ4n) is 3.02. The molecule has 0 fully saturated rings. The number of thiophene rings is 1. The molecule has 0 atom stereocenters. The number of fused-ring (bicyclic) bond motifs is 2. The van der Waals surface area contributed by atoms with Crippen molar-refractivity contribution in [3.63, 3.8) is 0 Å². The number of nitrogens with zero attached hydrogens (tertiary/aromatic N) is 2. The van der Waals surface area contributed by atoms with Crippen molar-refractivity contribution >= 4 is 67.8 Å². The van der Waals surface area contributed by atoms with Crippen LogP contribution in [0, 0.1) is 10.1 Å². The molecule has 1 aliphatic heterocycles. The van der Waals surface area contributed by atoms with Crippen LogP contribution in [0.2, 0.25) is 0 Å². The molecule has 0 bridgehead atoms. The fraction of sp³-hybridized carbons (Fsp3) is 0.0526. The van der Waals surface area contributed by atoms with Crippen LogP contribution in [-0.2, 0) is 0 Å². The zero-order valence-corrected chi connectivity index (χ0v) is 16.9. The molecule has 1 aliphatic rings. The van der Waals surface area contributed by atoms with Crippen molar-refractivity contribution in [1.82, 2.24) is 10.2 Å². The van der Waals surface area contributed by atoms with Crippen molar-refractivity contribution in [2.24, 2.45) is 0 Å². The van der Waals surface area contributed by atoms with E-state index < -0.39 is 16.7 Å². The van der Waals surface area contributed by atoms with Crippen molar-refractivity contribution in [2.75, 3.05) is 12.4 Å². The van der Waals surface area contributed by atoms with E-state index in [2.05, 4.69) is 10.6 Å². The molecule has 0 saturated carbocycles. The summed E-state index contributed by atoms with van der Waals surface area (Å²) in [5.74, 6) is -1.25. The minimum absolute atomic E-state index is 0.00788. The highest BCUT2D eigenvalue weighted by atomic mass is 32.1. The lowest BCUT2D eigenvalue weighted by atomic mass is 10.1. The van der Waals surface area contributed by atoms with Crippen LogP contribution >= 0.6 is 23.6 Å². The largest absolute Gasteiger partial charge is 0.332 e. The van der Waals surface area contributed by atoms with Gasteiger partial charge in [-0.25, -0.2) is 0 Å². The molecule has 3 aromatic rings. The molecule has 9 nitrogen and oxygen atoms in total. The number of hydrogen-bond acceptors (Lipinski definition) is 7. The average molecular weight is 440 g/mol. The first-order valence-electron chi connectivity index (χ1n) is 8.51. The number of rotatable bonds is 3. The molecule has 1 aromatic heterocycles. The van der Waals surface area contributed by atoms with E-state index in [-0.39, 0.29) is 22.3 Å². The van der Waals surface area contributed by atoms with Crippen LogP contribution in [-0.4, -0.2) is 39.7 Å². The Morgan fingerprint density at radius 2 is 1.83 bits per heavy atom. The van der Waals surface area contributed by atoms with Crippen LogP contribution in [0.5, 0.6) is 0 Å². The number of nitro groups is 1. The number of non-ortho nitro benzene ring substituents is 1. The molecule has 150 valence electrons. The second-order valence-corrected chi connectivity index (χ2v) is 7.92. The summed E-state index contributed by atoms with van der Waals surface area (Å²) < 4.78 is 0.732. The van der Waals surface area contributed by atoms with Gasteiger partial charge in [0.2, 0.25) is 0 Å². The summed E-state index contributed by atoms with van der Waals surface area (Å²) in [5.41, 5.74) is 0.956. The topological polar surface area (TPSA) is 122 Å². The predicted molar refractivity (Wildman–Crippen MR) is 115 cm³/mol. The number of hydrogen-bond donors (Lipinski definition) is 2. The van der Waals surface area contributed by atoms with E-state index in [1.807, 2.05) is 0 Å². The SMILES string of the molecule is CN1C(=O)c2ccc(NC(=S)NC(=O)c3cc4cc([N+](=O)[O-])ccc4s3)cc2C1=O. The molecule has 0 aliphatic carbocycles. The summed E-state index contributed by atoms with van der Waals surface area (Å²) >= 11 is 6.34. The maximum atomic E-state index is 12.5. The van der Waals surface area contributed by atoms with Crippen molar-refractivity contribution in [2.45, 2.75) is 0 Å². The molecular weight excluding hydrogens is 428 g/mol. The molecule has 2 N–H and O–H groups in total. The molecule has 11 heteroatoms. The lowest BCUT2D eigenvalue weighted by Gasteiger charge is -2.09. The van der Waals surface area contributed by atoms with Gasteiger partial charge in [-0.2, -0.15) is 0 Å². The van der Waals surface area contributed by atoms with Crippen molar-refractivity contribution in [1.29, 1.82) is 0 Å². The van der Waals surface area contributed by atoms with Gasteiger partial charge < -0.3 is 5.32 Å². The van der Waals surface area contributed by atoms with Crippen LogP contribution < -0.4 is 10.6 Å². The molecule has 4 rings (SSSR count). The fourth-order valence-corrected chi connectivity index (χ4v) is 4.17. The quantitative estimate of drug-likeness (QED) is 0.278. The van der Waals surface area contributed by atoms with E-state index in [1.54, 1.807) is 18.2 Å². The van der Waals surface area contributed by atoms with E-state index in [0.29, 0.717) is 21.5 Å². The smallest absolute Gasteiger partial charge is 0.270 e. The first kappa shape index (κ1) is 19.6. The third-order valence-corrected chi connectivity index (χ3v) is 5.83. The highest BCUT2D eigenvalue weighted by Gasteiger charge is 2.32. The van der Waals surface area contributed by atoms with Crippen LogP contribution in [0.4, 0.5) is 11.4 Å². The number of nitrogens with one attached hydrogen (secondary N) is 2. The van der Waals surface area contributed by atoms with Gasteiger partial charge in [-0.05, 0) is 42.5 Å². The molecule has 0 spiro atoms. The summed E-state index contributed by atoms with van der Waals surface area (Å²) in [4.78, 5) is 48.3. The molecule has 3 amide bonds. The Morgan fingerprint density at radius 3 is 2.57 bits per heavy atom. The lowest BCUT2D eigenvalue weighted by Crippen LogP contribution is -2.33. The standard InChI is InChI=1S/C19H12N4O5S2/c1-22-17(25)12-4-2-10(8-13(12)18(22)26)20-19(29)21-16(24)15-7-9-6-11(23(27)28)3-5-14(9)30-15/h2-8H,1H3,(H2,20,21,24,29). The molecule has 0 unspecified atom stereocenters. The van der Waals surface area contributed by atoms with Crippen molar-refractivity contribution < 1.29 is 19.3 Å². The number of carbonyl (C=O) groups excluding carboxylic acids is 3. The Labute approximate surface area is 178 Å². The zero-order valence-electron chi connectivity index (χ0n) is 15.3. The van der Waals surface area contributed by atoms with Crippen molar-refractivity contribution in [3.05, 3.63) is 68.6 Å². The van der Waals surface area contributed by atoms with Crippen LogP contribution in [0.25, 0.3) is 10.1 Å². The number of anilines is 1. The number of amides is 3. The van der Waals surface area contributed by atoms with Crippen LogP contribution in [0.1, 0.15) is 30.4 Å². The number of thiocarbonyl (C=S) groups is 1. The number of carbonyl (C=O) groups is 3. The summed E-state index contributed by atoms with van der Waals surface area (Å²) in [6.45, 7) is 0. The minimum atomic E-state index is -0.497. The van der Waals surface area contributed by atoms with E-state index >= 15 is 0 Å². The minimum Gasteiger partial charge on any atom is -0.332 e. The summed E-state index contributed by atoms with van der Waals surface area (Å²) in [6.07, 6.45) is 0. The van der Waals surface area contributed by atoms with Gasteiger partial charge in [0.15, 0.2) is 5.11 Å². The van der Waals surface area contributed by atoms with Crippen LogP contribution in [0.15, 0.2) is 42.5 Å². The highest BCUT2D eigenvalue weighted by Crippen LogP contribution is 2.29. The Balaban J connectivity index is 1.48. The molecule has 2 heterocycles. The summed E-state index contributed by atoms with van der Waals surface area (Å²) in [5, 5.41) is 16.8. The molecule has 2 aromatic carbocycles. The third kappa shape index (κ3) is 3.40. The van der Waals surface area contributed by atoms with E-state index in [1.165, 1.54) is 42.6 Å².